The van der Waals surface area contributed by atoms with Crippen molar-refractivity contribution in [3.63, 3.8) is 0 Å². The van der Waals surface area contributed by atoms with E-state index in [0.29, 0.717) is 17.9 Å². The van der Waals surface area contributed by atoms with Crippen molar-refractivity contribution < 1.29 is 18.7 Å². The molecule has 3 aromatic rings. The van der Waals surface area contributed by atoms with Gasteiger partial charge in [0.25, 0.3) is 5.91 Å². The molecule has 0 fully saturated rings. The monoisotopic (exact) mass is 514 g/mol. The summed E-state index contributed by atoms with van der Waals surface area (Å²) in [5, 5.41) is 4.86. The molecule has 0 bridgehead atoms. The number of fused-ring (bicyclic) bond motifs is 1. The van der Waals surface area contributed by atoms with E-state index >= 15 is 0 Å². The SMILES string of the molecule is CCCCNC(=O)[C@H](C)N(Cc1ccccc1F)C(=O)COc1ccc2ccccc2c1Br. The van der Waals surface area contributed by atoms with Gasteiger partial charge in [0.1, 0.15) is 17.6 Å². The van der Waals surface area contributed by atoms with Crippen molar-refractivity contribution >= 4 is 38.5 Å². The van der Waals surface area contributed by atoms with Gasteiger partial charge in [0.15, 0.2) is 6.61 Å². The fraction of sp³-hybridized carbons (Fsp3) is 0.308. The Hall–Kier alpha value is -2.93. The van der Waals surface area contributed by atoms with Gasteiger partial charge < -0.3 is 15.0 Å². The fourth-order valence-electron chi connectivity index (χ4n) is 3.48. The average Bonchev–Trinajstić information content (AvgIpc) is 2.82. The molecule has 0 heterocycles. The summed E-state index contributed by atoms with van der Waals surface area (Å²) in [4.78, 5) is 27.2. The Morgan fingerprint density at radius 1 is 1.09 bits per heavy atom. The molecule has 3 aromatic carbocycles. The molecular weight excluding hydrogens is 487 g/mol. The Kier molecular flexibility index (Phi) is 8.83. The summed E-state index contributed by atoms with van der Waals surface area (Å²) < 4.78 is 20.9. The molecule has 0 aliphatic heterocycles. The maximum Gasteiger partial charge on any atom is 0.261 e. The molecule has 3 rings (SSSR count). The predicted octanol–water partition coefficient (Wildman–Crippen LogP) is 5.45. The molecule has 174 valence electrons. The summed E-state index contributed by atoms with van der Waals surface area (Å²) in [6.45, 7) is 3.90. The van der Waals surface area contributed by atoms with Gasteiger partial charge in [-0.1, -0.05) is 61.9 Å². The number of carbonyl (C=O) groups is 2. The topological polar surface area (TPSA) is 58.6 Å². The van der Waals surface area contributed by atoms with Crippen molar-refractivity contribution in [1.29, 1.82) is 0 Å². The van der Waals surface area contributed by atoms with Gasteiger partial charge in [-0.3, -0.25) is 9.59 Å². The molecule has 0 aliphatic rings. The normalized spacial score (nSPS) is 11.8. The predicted molar refractivity (Wildman–Crippen MR) is 131 cm³/mol. The first-order valence-electron chi connectivity index (χ1n) is 11.0. The number of hydrogen-bond acceptors (Lipinski definition) is 3. The summed E-state index contributed by atoms with van der Waals surface area (Å²) in [5.74, 6) is -0.587. The Balaban J connectivity index is 1.77. The molecule has 0 saturated heterocycles. The van der Waals surface area contributed by atoms with E-state index in [1.807, 2.05) is 37.3 Å². The van der Waals surface area contributed by atoms with Crippen LogP contribution in [0.2, 0.25) is 0 Å². The molecule has 0 aromatic heterocycles. The van der Waals surface area contributed by atoms with Crippen LogP contribution in [0.25, 0.3) is 10.8 Å². The molecular formula is C26H28BrFN2O3. The molecule has 0 aliphatic carbocycles. The zero-order valence-corrected chi connectivity index (χ0v) is 20.4. The van der Waals surface area contributed by atoms with Crippen LogP contribution in [0.1, 0.15) is 32.3 Å². The van der Waals surface area contributed by atoms with Crippen LogP contribution in [0, 0.1) is 5.82 Å². The van der Waals surface area contributed by atoms with Gasteiger partial charge >= 0.3 is 0 Å². The van der Waals surface area contributed by atoms with Crippen LogP contribution >= 0.6 is 15.9 Å². The zero-order valence-electron chi connectivity index (χ0n) is 18.8. The lowest BCUT2D eigenvalue weighted by Gasteiger charge is -2.29. The summed E-state index contributed by atoms with van der Waals surface area (Å²) >= 11 is 3.56. The molecule has 0 spiro atoms. The number of halogens is 2. The van der Waals surface area contributed by atoms with Crippen LogP contribution in [0.3, 0.4) is 0 Å². The highest BCUT2D eigenvalue weighted by molar-refractivity contribution is 9.10. The Morgan fingerprint density at radius 2 is 1.82 bits per heavy atom. The van der Waals surface area contributed by atoms with E-state index in [1.54, 1.807) is 31.2 Å². The molecule has 7 heteroatoms. The maximum atomic E-state index is 14.3. The van der Waals surface area contributed by atoms with E-state index in [0.717, 1.165) is 28.1 Å². The van der Waals surface area contributed by atoms with Crippen molar-refractivity contribution in [1.82, 2.24) is 10.2 Å². The van der Waals surface area contributed by atoms with Crippen molar-refractivity contribution in [3.8, 4) is 5.75 Å². The van der Waals surface area contributed by atoms with Crippen LogP contribution in [-0.4, -0.2) is 35.9 Å². The number of ether oxygens (including phenoxy) is 1. The highest BCUT2D eigenvalue weighted by atomic mass is 79.9. The van der Waals surface area contributed by atoms with Crippen molar-refractivity contribution in [2.75, 3.05) is 13.2 Å². The number of benzene rings is 3. The van der Waals surface area contributed by atoms with Gasteiger partial charge in [0.05, 0.1) is 4.47 Å². The molecule has 0 unspecified atom stereocenters. The third kappa shape index (κ3) is 6.32. The van der Waals surface area contributed by atoms with Gasteiger partial charge in [0, 0.05) is 18.7 Å². The summed E-state index contributed by atoms with van der Waals surface area (Å²) in [6, 6.07) is 17.0. The number of carbonyl (C=O) groups excluding carboxylic acids is 2. The first-order chi connectivity index (χ1) is 15.9. The molecule has 0 saturated carbocycles. The molecule has 2 amide bonds. The van der Waals surface area contributed by atoms with Gasteiger partial charge in [-0.05, 0) is 52.2 Å². The second-order valence-electron chi connectivity index (χ2n) is 7.82. The Bertz CT molecular complexity index is 1120. The first kappa shape index (κ1) is 24.7. The quantitative estimate of drug-likeness (QED) is 0.365. The highest BCUT2D eigenvalue weighted by Crippen LogP contribution is 2.33. The second-order valence-corrected chi connectivity index (χ2v) is 8.61. The highest BCUT2D eigenvalue weighted by Gasteiger charge is 2.27. The van der Waals surface area contributed by atoms with E-state index in [4.69, 9.17) is 4.74 Å². The largest absolute Gasteiger partial charge is 0.483 e. The second kappa shape index (κ2) is 11.8. The minimum absolute atomic E-state index is 0.0316. The van der Waals surface area contributed by atoms with E-state index in [1.165, 1.54) is 11.0 Å². The standard InChI is InChI=1S/C26H28BrFN2O3/c1-3-4-15-29-26(32)18(2)30(16-20-10-6-8-12-22(20)28)24(31)17-33-23-14-13-19-9-5-7-11-21(19)25(23)27/h5-14,18H,3-4,15-17H2,1-2H3,(H,29,32)/t18-/m0/s1. The fourth-order valence-corrected chi connectivity index (χ4v) is 4.08. The maximum absolute atomic E-state index is 14.3. The molecule has 33 heavy (non-hydrogen) atoms. The van der Waals surface area contributed by atoms with Crippen molar-refractivity contribution in [3.05, 3.63) is 76.5 Å². The number of nitrogens with one attached hydrogen (secondary N) is 1. The summed E-state index contributed by atoms with van der Waals surface area (Å²) in [6.07, 6.45) is 1.79. The molecule has 1 atom stereocenters. The van der Waals surface area contributed by atoms with Crippen molar-refractivity contribution in [2.24, 2.45) is 0 Å². The number of nitrogens with zero attached hydrogens (tertiary/aromatic N) is 1. The van der Waals surface area contributed by atoms with Crippen LogP contribution in [0.4, 0.5) is 4.39 Å². The third-order valence-corrected chi connectivity index (χ3v) is 6.29. The minimum atomic E-state index is -0.780. The summed E-state index contributed by atoms with van der Waals surface area (Å²) in [7, 11) is 0. The lowest BCUT2D eigenvalue weighted by Crippen LogP contribution is -2.49. The Labute approximate surface area is 202 Å². The van der Waals surface area contributed by atoms with Crippen LogP contribution in [0.5, 0.6) is 5.75 Å². The number of hydrogen-bond donors (Lipinski definition) is 1. The van der Waals surface area contributed by atoms with Gasteiger partial charge in [-0.15, -0.1) is 0 Å². The van der Waals surface area contributed by atoms with E-state index in [9.17, 15) is 14.0 Å². The van der Waals surface area contributed by atoms with E-state index in [2.05, 4.69) is 21.2 Å². The van der Waals surface area contributed by atoms with Crippen LogP contribution in [0.15, 0.2) is 65.1 Å². The average molecular weight is 515 g/mol. The molecule has 1 N–H and O–H groups in total. The number of amides is 2. The van der Waals surface area contributed by atoms with Gasteiger partial charge in [-0.25, -0.2) is 4.39 Å². The number of unbranched alkanes of at least 4 members (excludes halogenated alkanes) is 1. The molecule has 5 nitrogen and oxygen atoms in total. The lowest BCUT2D eigenvalue weighted by atomic mass is 10.1. The Morgan fingerprint density at radius 3 is 2.58 bits per heavy atom. The minimum Gasteiger partial charge on any atom is -0.483 e. The van der Waals surface area contributed by atoms with Gasteiger partial charge in [0.2, 0.25) is 5.91 Å². The zero-order chi connectivity index (χ0) is 23.8. The van der Waals surface area contributed by atoms with Gasteiger partial charge in [-0.2, -0.15) is 0 Å². The molecule has 0 radical (unpaired) electrons. The van der Waals surface area contributed by atoms with E-state index in [-0.39, 0.29) is 19.1 Å². The van der Waals surface area contributed by atoms with Crippen LogP contribution < -0.4 is 10.1 Å². The van der Waals surface area contributed by atoms with Crippen molar-refractivity contribution in [2.45, 2.75) is 39.3 Å². The first-order valence-corrected chi connectivity index (χ1v) is 11.8. The van der Waals surface area contributed by atoms with E-state index < -0.39 is 17.8 Å². The smallest absolute Gasteiger partial charge is 0.261 e. The third-order valence-electron chi connectivity index (χ3n) is 5.47. The van der Waals surface area contributed by atoms with Crippen LogP contribution in [-0.2, 0) is 16.1 Å². The lowest BCUT2D eigenvalue weighted by molar-refractivity contribution is -0.142. The summed E-state index contributed by atoms with van der Waals surface area (Å²) in [5.41, 5.74) is 0.339. The number of rotatable bonds is 10.